The van der Waals surface area contributed by atoms with E-state index < -0.39 is 0 Å². The summed E-state index contributed by atoms with van der Waals surface area (Å²) in [6.07, 6.45) is 4.08. The molecule has 2 N–H and O–H groups in total. The largest absolute Gasteiger partial charge is 0.440 e. The molecule has 106 valence electrons. The van der Waals surface area contributed by atoms with Crippen molar-refractivity contribution < 1.29 is 9.21 Å². The molecule has 2 aromatic heterocycles. The molecule has 0 spiro atoms. The van der Waals surface area contributed by atoms with Gasteiger partial charge in [-0.1, -0.05) is 0 Å². The lowest BCUT2D eigenvalue weighted by Crippen LogP contribution is -2.26. The molecular weight excluding hydrogens is 298 g/mol. The Kier molecular flexibility index (Phi) is 4.05. The minimum absolute atomic E-state index is 0.189. The second-order valence-corrected chi connectivity index (χ2v) is 6.08. The first-order chi connectivity index (χ1) is 9.72. The van der Waals surface area contributed by atoms with Crippen molar-refractivity contribution in [1.82, 2.24) is 10.3 Å². The number of nitrogens with zero attached hydrogens (tertiary/aromatic N) is 1. The molecule has 0 aliphatic carbocycles. The number of rotatable bonds is 3. The quantitative estimate of drug-likeness (QED) is 0.914. The Bertz CT molecular complexity index is 604. The molecule has 1 aliphatic rings. The Morgan fingerprint density at radius 3 is 2.95 bits per heavy atom. The molecule has 0 atom stereocenters. The zero-order chi connectivity index (χ0) is 13.9. The molecule has 0 saturated carbocycles. The van der Waals surface area contributed by atoms with Gasteiger partial charge in [0, 0.05) is 11.1 Å². The van der Waals surface area contributed by atoms with Crippen molar-refractivity contribution in [3.63, 3.8) is 0 Å². The molecule has 1 amide bonds. The maximum Gasteiger partial charge on any atom is 0.293 e. The number of anilines is 1. The number of thiazole rings is 1. The van der Waals surface area contributed by atoms with Crippen molar-refractivity contribution in [2.24, 2.45) is 0 Å². The standard InChI is InChI=1S/C13H14ClN3O2S/c14-11-2-1-9(19-11)12(18)17-13-16-7-10(20-13)8-3-5-15-6-4-8/h1-2,7-8,15H,3-6H2,(H,16,17,18). The first-order valence-corrected chi connectivity index (χ1v) is 7.65. The predicted molar refractivity (Wildman–Crippen MR) is 78.6 cm³/mol. The highest BCUT2D eigenvalue weighted by Gasteiger charge is 2.19. The highest BCUT2D eigenvalue weighted by Crippen LogP contribution is 2.31. The Labute approximate surface area is 125 Å². The normalized spacial score (nSPS) is 16.2. The van der Waals surface area contributed by atoms with Crippen LogP contribution in [-0.4, -0.2) is 24.0 Å². The van der Waals surface area contributed by atoms with E-state index >= 15 is 0 Å². The number of carbonyl (C=O) groups excluding carboxylic acids is 1. The first kappa shape index (κ1) is 13.6. The van der Waals surface area contributed by atoms with Crippen LogP contribution in [0.5, 0.6) is 0 Å². The lowest BCUT2D eigenvalue weighted by atomic mass is 9.97. The molecule has 0 aromatic carbocycles. The number of hydrogen-bond acceptors (Lipinski definition) is 5. The lowest BCUT2D eigenvalue weighted by molar-refractivity contribution is 0.0997. The van der Waals surface area contributed by atoms with E-state index in [0.29, 0.717) is 11.0 Å². The number of carbonyl (C=O) groups is 1. The van der Waals surface area contributed by atoms with E-state index in [9.17, 15) is 4.79 Å². The summed E-state index contributed by atoms with van der Waals surface area (Å²) in [7, 11) is 0. The van der Waals surface area contributed by atoms with E-state index in [1.54, 1.807) is 12.1 Å². The fourth-order valence-corrected chi connectivity index (χ4v) is 3.36. The Morgan fingerprint density at radius 1 is 1.45 bits per heavy atom. The molecule has 2 aromatic rings. The number of nitrogens with one attached hydrogen (secondary N) is 2. The first-order valence-electron chi connectivity index (χ1n) is 6.45. The number of aromatic nitrogens is 1. The second kappa shape index (κ2) is 5.95. The molecule has 1 fully saturated rings. The third kappa shape index (κ3) is 3.03. The lowest BCUT2D eigenvalue weighted by Gasteiger charge is -2.20. The molecule has 5 nitrogen and oxygen atoms in total. The number of hydrogen-bond donors (Lipinski definition) is 2. The van der Waals surface area contributed by atoms with Gasteiger partial charge in [-0.25, -0.2) is 4.98 Å². The van der Waals surface area contributed by atoms with Crippen molar-refractivity contribution >= 4 is 34.0 Å². The molecule has 1 saturated heterocycles. The fourth-order valence-electron chi connectivity index (χ4n) is 2.23. The van der Waals surface area contributed by atoms with E-state index in [2.05, 4.69) is 15.6 Å². The molecule has 0 bridgehead atoms. The van der Waals surface area contributed by atoms with Crippen molar-refractivity contribution in [1.29, 1.82) is 0 Å². The van der Waals surface area contributed by atoms with E-state index in [1.807, 2.05) is 6.20 Å². The second-order valence-electron chi connectivity index (χ2n) is 4.65. The van der Waals surface area contributed by atoms with Gasteiger partial charge in [-0.3, -0.25) is 10.1 Å². The summed E-state index contributed by atoms with van der Waals surface area (Å²) in [5, 5.41) is 6.86. The van der Waals surface area contributed by atoms with Crippen LogP contribution in [0.1, 0.15) is 34.2 Å². The van der Waals surface area contributed by atoms with Crippen molar-refractivity contribution in [3.05, 3.63) is 34.2 Å². The monoisotopic (exact) mass is 311 g/mol. The average Bonchev–Trinajstić information content (AvgIpc) is 3.09. The molecule has 1 aliphatic heterocycles. The van der Waals surface area contributed by atoms with Crippen molar-refractivity contribution in [2.75, 3.05) is 18.4 Å². The zero-order valence-corrected chi connectivity index (χ0v) is 12.3. The van der Waals surface area contributed by atoms with Gasteiger partial charge in [0.15, 0.2) is 16.1 Å². The number of piperidine rings is 1. The van der Waals surface area contributed by atoms with Gasteiger partial charge in [0.2, 0.25) is 0 Å². The summed E-state index contributed by atoms with van der Waals surface area (Å²) in [5.41, 5.74) is 0. The van der Waals surface area contributed by atoms with Crippen LogP contribution in [0.15, 0.2) is 22.7 Å². The minimum Gasteiger partial charge on any atom is -0.440 e. The Morgan fingerprint density at radius 2 is 2.25 bits per heavy atom. The highest BCUT2D eigenvalue weighted by atomic mass is 35.5. The SMILES string of the molecule is O=C(Nc1ncc(C2CCNCC2)s1)c1ccc(Cl)o1. The average molecular weight is 312 g/mol. The van der Waals surface area contributed by atoms with Crippen LogP contribution >= 0.6 is 22.9 Å². The van der Waals surface area contributed by atoms with E-state index in [-0.39, 0.29) is 16.9 Å². The molecule has 20 heavy (non-hydrogen) atoms. The third-order valence-corrected chi connectivity index (χ3v) is 4.56. The van der Waals surface area contributed by atoms with Crippen LogP contribution in [0.4, 0.5) is 5.13 Å². The van der Waals surface area contributed by atoms with E-state index in [1.165, 1.54) is 16.2 Å². The molecule has 0 radical (unpaired) electrons. The maximum absolute atomic E-state index is 11.9. The van der Waals surface area contributed by atoms with Crippen LogP contribution < -0.4 is 10.6 Å². The molecule has 7 heteroatoms. The maximum atomic E-state index is 11.9. The predicted octanol–water partition coefficient (Wildman–Crippen LogP) is 3.11. The van der Waals surface area contributed by atoms with Crippen LogP contribution in [0.3, 0.4) is 0 Å². The van der Waals surface area contributed by atoms with Gasteiger partial charge in [0.05, 0.1) is 0 Å². The summed E-state index contributed by atoms with van der Waals surface area (Å²) in [6.45, 7) is 2.07. The van der Waals surface area contributed by atoms with Gasteiger partial charge in [0.25, 0.3) is 5.91 Å². The number of furan rings is 1. The van der Waals surface area contributed by atoms with E-state index in [4.69, 9.17) is 16.0 Å². The van der Waals surface area contributed by atoms with Gasteiger partial charge in [-0.15, -0.1) is 11.3 Å². The summed E-state index contributed by atoms with van der Waals surface area (Å²) >= 11 is 7.17. The Hall–Kier alpha value is -1.37. The summed E-state index contributed by atoms with van der Waals surface area (Å²) in [6, 6.07) is 3.08. The van der Waals surface area contributed by atoms with E-state index in [0.717, 1.165) is 25.9 Å². The van der Waals surface area contributed by atoms with Crippen LogP contribution in [-0.2, 0) is 0 Å². The van der Waals surface area contributed by atoms with Crippen LogP contribution in [0, 0.1) is 0 Å². The van der Waals surface area contributed by atoms with Crippen LogP contribution in [0.25, 0.3) is 0 Å². The highest BCUT2D eigenvalue weighted by molar-refractivity contribution is 7.15. The number of halogens is 1. The molecular formula is C13H14ClN3O2S. The molecule has 3 heterocycles. The summed E-state index contributed by atoms with van der Waals surface area (Å²) in [5.74, 6) is 0.397. The van der Waals surface area contributed by atoms with Gasteiger partial charge in [-0.2, -0.15) is 0 Å². The zero-order valence-electron chi connectivity index (χ0n) is 10.7. The van der Waals surface area contributed by atoms with Crippen molar-refractivity contribution in [2.45, 2.75) is 18.8 Å². The van der Waals surface area contributed by atoms with Gasteiger partial charge in [0.1, 0.15) is 0 Å². The topological polar surface area (TPSA) is 67.2 Å². The Balaban J connectivity index is 1.66. The number of amides is 1. The van der Waals surface area contributed by atoms with Gasteiger partial charge >= 0.3 is 0 Å². The minimum atomic E-state index is -0.330. The smallest absolute Gasteiger partial charge is 0.293 e. The summed E-state index contributed by atoms with van der Waals surface area (Å²) < 4.78 is 5.06. The summed E-state index contributed by atoms with van der Waals surface area (Å²) in [4.78, 5) is 17.4. The van der Waals surface area contributed by atoms with Crippen molar-refractivity contribution in [3.8, 4) is 0 Å². The van der Waals surface area contributed by atoms with Gasteiger partial charge in [-0.05, 0) is 55.6 Å². The fraction of sp³-hybridized carbons (Fsp3) is 0.385. The molecule has 0 unspecified atom stereocenters. The third-order valence-electron chi connectivity index (χ3n) is 3.28. The molecule has 3 rings (SSSR count). The van der Waals surface area contributed by atoms with Crippen LogP contribution in [0.2, 0.25) is 5.22 Å². The van der Waals surface area contributed by atoms with Gasteiger partial charge < -0.3 is 9.73 Å².